The Labute approximate surface area is 154 Å². The predicted octanol–water partition coefficient (Wildman–Crippen LogP) is 1.77. The quantitative estimate of drug-likeness (QED) is 0.729. The van der Waals surface area contributed by atoms with Gasteiger partial charge in [-0.15, -0.1) is 0 Å². The fourth-order valence-electron chi connectivity index (χ4n) is 3.57. The number of methoxy groups -OCH3 is 2. The van der Waals surface area contributed by atoms with Gasteiger partial charge in [0, 0.05) is 31.0 Å². The van der Waals surface area contributed by atoms with Gasteiger partial charge in [-0.1, -0.05) is 6.42 Å². The molecular weight excluding hydrogens is 333 g/mol. The van der Waals surface area contributed by atoms with E-state index in [1.54, 1.807) is 20.5 Å². The first-order valence-electron chi connectivity index (χ1n) is 9.06. The molecule has 0 aliphatic carbocycles. The van der Waals surface area contributed by atoms with Gasteiger partial charge >= 0.3 is 6.92 Å². The number of ether oxygens (including phenoxy) is 2. The van der Waals surface area contributed by atoms with Crippen LogP contribution in [0.3, 0.4) is 0 Å². The smallest absolute Gasteiger partial charge is 0.315 e. The van der Waals surface area contributed by atoms with E-state index in [-0.39, 0.29) is 6.51 Å². The van der Waals surface area contributed by atoms with Crippen LogP contribution in [0, 0.1) is 5.92 Å². The van der Waals surface area contributed by atoms with Gasteiger partial charge in [0.05, 0.1) is 19.7 Å². The van der Waals surface area contributed by atoms with E-state index in [1.807, 2.05) is 12.1 Å². The molecule has 1 saturated heterocycles. The number of hydrogen-bond acceptors (Lipinski definition) is 7. The summed E-state index contributed by atoms with van der Waals surface area (Å²) in [6.45, 7) is 1.08. The monoisotopic (exact) mass is 359 g/mol. The molecule has 0 saturated carbocycles. The lowest BCUT2D eigenvalue weighted by Gasteiger charge is -2.33. The molecule has 1 aliphatic heterocycles. The molecule has 1 aromatic heterocycles. The van der Waals surface area contributed by atoms with Crippen molar-refractivity contribution < 1.29 is 19.6 Å². The molecule has 0 bridgehead atoms. The van der Waals surface area contributed by atoms with Crippen molar-refractivity contribution in [2.45, 2.75) is 25.6 Å². The second kappa shape index (κ2) is 8.55. The van der Waals surface area contributed by atoms with Crippen LogP contribution in [0.2, 0.25) is 6.32 Å². The second-order valence-corrected chi connectivity index (χ2v) is 6.77. The normalized spacial score (nSPS) is 15.3. The fraction of sp³-hybridized carbons (Fsp3) is 0.556. The largest absolute Gasteiger partial charge is 0.493 e. The molecule has 0 amide bonds. The van der Waals surface area contributed by atoms with E-state index >= 15 is 0 Å². The predicted molar refractivity (Wildman–Crippen MR) is 102 cm³/mol. The van der Waals surface area contributed by atoms with Crippen LogP contribution in [-0.4, -0.2) is 60.8 Å². The number of aliphatic hydroxyl groups excluding tert-OH is 1. The summed E-state index contributed by atoms with van der Waals surface area (Å²) in [6, 6.07) is 3.82. The molecule has 1 aromatic carbocycles. The summed E-state index contributed by atoms with van der Waals surface area (Å²) in [5, 5.41) is 19.4. The zero-order valence-electron chi connectivity index (χ0n) is 15.4. The zero-order valence-corrected chi connectivity index (χ0v) is 15.4. The Morgan fingerprint density at radius 1 is 1.15 bits per heavy atom. The summed E-state index contributed by atoms with van der Waals surface area (Å²) in [5.41, 5.74) is 0.834. The molecule has 0 atom stereocenters. The van der Waals surface area contributed by atoms with E-state index in [1.165, 1.54) is 0 Å². The third-order valence-corrected chi connectivity index (χ3v) is 5.15. The standard InChI is InChI=1S/C18H26BN3O4/c1-25-16-9-14-15(10-17(16)26-2)20-12-21-18(14)22-7-4-13(5-8-22)3-6-19(24)11-23/h9-10,12-13,23-24H,3-8,11H2,1-2H3. The lowest BCUT2D eigenvalue weighted by molar-refractivity contribution is 0.332. The Balaban J connectivity index is 1.75. The topological polar surface area (TPSA) is 87.9 Å². The number of fused-ring (bicyclic) bond motifs is 1. The first-order chi connectivity index (χ1) is 12.7. The minimum Gasteiger partial charge on any atom is -0.493 e. The Bertz CT molecular complexity index is 738. The van der Waals surface area contributed by atoms with Crippen molar-refractivity contribution in [2.75, 3.05) is 38.7 Å². The summed E-state index contributed by atoms with van der Waals surface area (Å²) in [7, 11) is 3.24. The molecule has 2 heterocycles. The molecule has 7 nitrogen and oxygen atoms in total. The first kappa shape index (κ1) is 18.7. The van der Waals surface area contributed by atoms with Crippen LogP contribution in [0.25, 0.3) is 10.9 Å². The number of aliphatic hydroxyl groups is 1. The number of rotatable bonds is 7. The number of anilines is 1. The zero-order chi connectivity index (χ0) is 18.5. The van der Waals surface area contributed by atoms with Crippen molar-refractivity contribution >= 4 is 23.6 Å². The maximum Gasteiger partial charge on any atom is 0.315 e. The first-order valence-corrected chi connectivity index (χ1v) is 9.06. The number of nitrogens with zero attached hydrogens (tertiary/aromatic N) is 3. The van der Waals surface area contributed by atoms with Crippen LogP contribution in [0.1, 0.15) is 19.3 Å². The van der Waals surface area contributed by atoms with Crippen molar-refractivity contribution in [3.63, 3.8) is 0 Å². The number of benzene rings is 1. The average Bonchev–Trinajstić information content (AvgIpc) is 2.70. The minimum absolute atomic E-state index is 0.156. The van der Waals surface area contributed by atoms with Gasteiger partial charge in [-0.3, -0.25) is 0 Å². The lowest BCUT2D eigenvalue weighted by atomic mass is 9.63. The third kappa shape index (κ3) is 4.02. The Morgan fingerprint density at radius 3 is 2.50 bits per heavy atom. The maximum atomic E-state index is 9.53. The molecule has 0 spiro atoms. The van der Waals surface area contributed by atoms with Crippen molar-refractivity contribution in [3.8, 4) is 11.5 Å². The highest BCUT2D eigenvalue weighted by molar-refractivity contribution is 6.49. The Morgan fingerprint density at radius 2 is 1.85 bits per heavy atom. The summed E-state index contributed by atoms with van der Waals surface area (Å²) >= 11 is 0. The molecule has 26 heavy (non-hydrogen) atoms. The van der Waals surface area contributed by atoms with Gasteiger partial charge in [0.15, 0.2) is 11.5 Å². The van der Waals surface area contributed by atoms with Gasteiger partial charge < -0.3 is 24.5 Å². The second-order valence-electron chi connectivity index (χ2n) is 6.77. The number of piperidine rings is 1. The van der Waals surface area contributed by atoms with E-state index in [9.17, 15) is 5.02 Å². The maximum absolute atomic E-state index is 9.53. The van der Waals surface area contributed by atoms with Crippen LogP contribution in [-0.2, 0) is 0 Å². The third-order valence-electron chi connectivity index (χ3n) is 5.15. The molecule has 0 unspecified atom stereocenters. The van der Waals surface area contributed by atoms with Gasteiger partial charge in [0.25, 0.3) is 0 Å². The Kier molecular flexibility index (Phi) is 6.16. The van der Waals surface area contributed by atoms with E-state index in [4.69, 9.17) is 14.6 Å². The number of aromatic nitrogens is 2. The fourth-order valence-corrected chi connectivity index (χ4v) is 3.57. The minimum atomic E-state index is -0.596. The Hall–Kier alpha value is -2.06. The van der Waals surface area contributed by atoms with E-state index in [0.717, 1.165) is 49.1 Å². The highest BCUT2D eigenvalue weighted by atomic mass is 16.5. The van der Waals surface area contributed by atoms with Crippen LogP contribution in [0.4, 0.5) is 5.82 Å². The molecule has 2 aromatic rings. The highest BCUT2D eigenvalue weighted by Gasteiger charge is 2.23. The number of hydrogen-bond donors (Lipinski definition) is 2. The van der Waals surface area contributed by atoms with Crippen molar-refractivity contribution in [2.24, 2.45) is 5.92 Å². The molecule has 1 aliphatic rings. The van der Waals surface area contributed by atoms with Gasteiger partial charge in [-0.2, -0.15) is 0 Å². The van der Waals surface area contributed by atoms with Gasteiger partial charge in [-0.25, -0.2) is 9.97 Å². The van der Waals surface area contributed by atoms with Gasteiger partial charge in [0.2, 0.25) is 0 Å². The molecule has 2 N–H and O–H groups in total. The van der Waals surface area contributed by atoms with Crippen LogP contribution in [0.5, 0.6) is 11.5 Å². The molecule has 8 heteroatoms. The highest BCUT2D eigenvalue weighted by Crippen LogP contribution is 2.36. The lowest BCUT2D eigenvalue weighted by Crippen LogP contribution is -2.35. The summed E-state index contributed by atoms with van der Waals surface area (Å²) in [5.74, 6) is 2.83. The van der Waals surface area contributed by atoms with Crippen LogP contribution in [0.15, 0.2) is 18.5 Å². The molecule has 140 valence electrons. The summed E-state index contributed by atoms with van der Waals surface area (Å²) < 4.78 is 10.8. The summed E-state index contributed by atoms with van der Waals surface area (Å²) in [4.78, 5) is 11.2. The van der Waals surface area contributed by atoms with Crippen molar-refractivity contribution in [1.82, 2.24) is 9.97 Å². The van der Waals surface area contributed by atoms with Crippen LogP contribution < -0.4 is 14.4 Å². The SMILES string of the molecule is COc1cc2ncnc(N3CCC(CCB(O)CO)CC3)c2cc1OC. The van der Waals surface area contributed by atoms with Crippen molar-refractivity contribution in [1.29, 1.82) is 0 Å². The molecule has 1 fully saturated rings. The molecule has 0 radical (unpaired) electrons. The van der Waals surface area contributed by atoms with Crippen molar-refractivity contribution in [3.05, 3.63) is 18.5 Å². The van der Waals surface area contributed by atoms with E-state index in [2.05, 4.69) is 14.9 Å². The van der Waals surface area contributed by atoms with Gasteiger partial charge in [0.1, 0.15) is 12.1 Å². The van der Waals surface area contributed by atoms with E-state index in [0.29, 0.717) is 23.7 Å². The molecular formula is C18H26BN3O4. The average molecular weight is 359 g/mol. The van der Waals surface area contributed by atoms with E-state index < -0.39 is 6.92 Å². The molecule has 3 rings (SSSR count). The summed E-state index contributed by atoms with van der Waals surface area (Å²) in [6.07, 6.45) is 5.31. The van der Waals surface area contributed by atoms with Gasteiger partial charge in [-0.05, 0) is 31.1 Å². The van der Waals surface area contributed by atoms with Crippen LogP contribution >= 0.6 is 0 Å².